The van der Waals surface area contributed by atoms with Gasteiger partial charge in [-0.2, -0.15) is 11.3 Å². The van der Waals surface area contributed by atoms with Crippen LogP contribution in [0.25, 0.3) is 0 Å². The molecule has 0 fully saturated rings. The predicted molar refractivity (Wildman–Crippen MR) is 88.0 cm³/mol. The van der Waals surface area contributed by atoms with E-state index in [4.69, 9.17) is 0 Å². The number of anilines is 2. The van der Waals surface area contributed by atoms with E-state index in [0.717, 1.165) is 17.7 Å². The first-order valence-corrected chi connectivity index (χ1v) is 7.96. The molecule has 21 heavy (non-hydrogen) atoms. The van der Waals surface area contributed by atoms with E-state index >= 15 is 0 Å². The molecule has 1 amide bonds. The van der Waals surface area contributed by atoms with Gasteiger partial charge in [0.15, 0.2) is 0 Å². The first-order valence-electron chi connectivity index (χ1n) is 7.01. The maximum atomic E-state index is 11.6. The van der Waals surface area contributed by atoms with Crippen molar-refractivity contribution in [2.45, 2.75) is 32.7 Å². The Labute approximate surface area is 128 Å². The molecule has 0 aliphatic carbocycles. The smallest absolute Gasteiger partial charge is 0.224 e. The minimum absolute atomic E-state index is 0.00686. The molecule has 5 heteroatoms. The van der Waals surface area contributed by atoms with Crippen molar-refractivity contribution in [3.63, 3.8) is 0 Å². The summed E-state index contributed by atoms with van der Waals surface area (Å²) in [6.45, 7) is 3.94. The van der Waals surface area contributed by atoms with Crippen LogP contribution in [0.1, 0.15) is 38.3 Å². The predicted octanol–water partition coefficient (Wildman–Crippen LogP) is 4.37. The molecule has 1 unspecified atom stereocenters. The average Bonchev–Trinajstić information content (AvgIpc) is 2.94. The zero-order chi connectivity index (χ0) is 15.2. The molecular weight excluding hydrogens is 284 g/mol. The second-order valence-corrected chi connectivity index (χ2v) is 5.73. The molecule has 0 bridgehead atoms. The summed E-state index contributed by atoms with van der Waals surface area (Å²) in [5.41, 5.74) is 2.49. The molecule has 0 radical (unpaired) electrons. The molecule has 112 valence electrons. The number of phenolic OH excluding ortho intramolecular Hbond substituents is 1. The largest absolute Gasteiger partial charge is 0.508 e. The van der Waals surface area contributed by atoms with Gasteiger partial charge >= 0.3 is 0 Å². The number of rotatable bonds is 6. The van der Waals surface area contributed by atoms with Crippen LogP contribution in [-0.2, 0) is 4.79 Å². The second kappa shape index (κ2) is 7.13. The zero-order valence-electron chi connectivity index (χ0n) is 12.2. The minimum atomic E-state index is -0.0531. The van der Waals surface area contributed by atoms with E-state index in [1.807, 2.05) is 36.7 Å². The van der Waals surface area contributed by atoms with Gasteiger partial charge in [-0.3, -0.25) is 4.79 Å². The molecule has 0 aliphatic rings. The third-order valence-corrected chi connectivity index (χ3v) is 3.84. The van der Waals surface area contributed by atoms with Gasteiger partial charge < -0.3 is 15.7 Å². The van der Waals surface area contributed by atoms with Gasteiger partial charge in [0, 0.05) is 28.7 Å². The third-order valence-electron chi connectivity index (χ3n) is 3.16. The van der Waals surface area contributed by atoms with Crippen molar-refractivity contribution in [3.05, 3.63) is 40.6 Å². The van der Waals surface area contributed by atoms with Gasteiger partial charge in [-0.25, -0.2) is 0 Å². The van der Waals surface area contributed by atoms with E-state index in [1.54, 1.807) is 23.5 Å². The monoisotopic (exact) mass is 304 g/mol. The standard InChI is InChI=1S/C16H20N2O2S/c1-3-4-16(20)18-12-5-6-15(19)14(9-12)11(2)17-13-7-8-21-10-13/h5-11,17,19H,3-4H2,1-2H3,(H,18,20). The fraction of sp³-hybridized carbons (Fsp3) is 0.312. The molecule has 1 aromatic heterocycles. The number of phenols is 1. The highest BCUT2D eigenvalue weighted by atomic mass is 32.1. The maximum Gasteiger partial charge on any atom is 0.224 e. The summed E-state index contributed by atoms with van der Waals surface area (Å²) in [4.78, 5) is 11.6. The van der Waals surface area contributed by atoms with Crippen molar-refractivity contribution >= 4 is 28.6 Å². The second-order valence-electron chi connectivity index (χ2n) is 4.95. The Morgan fingerprint density at radius 3 is 2.81 bits per heavy atom. The average molecular weight is 304 g/mol. The molecule has 2 rings (SSSR count). The number of carbonyl (C=O) groups is 1. The van der Waals surface area contributed by atoms with Gasteiger partial charge in [0.1, 0.15) is 5.75 Å². The van der Waals surface area contributed by atoms with Crippen molar-refractivity contribution < 1.29 is 9.90 Å². The lowest BCUT2D eigenvalue weighted by atomic mass is 10.1. The maximum absolute atomic E-state index is 11.6. The number of amides is 1. The fourth-order valence-electron chi connectivity index (χ4n) is 2.10. The molecule has 0 spiro atoms. The summed E-state index contributed by atoms with van der Waals surface area (Å²) >= 11 is 1.62. The summed E-state index contributed by atoms with van der Waals surface area (Å²) in [6.07, 6.45) is 1.31. The van der Waals surface area contributed by atoms with E-state index in [0.29, 0.717) is 12.1 Å². The Hall–Kier alpha value is -2.01. The van der Waals surface area contributed by atoms with Gasteiger partial charge in [0.05, 0.1) is 6.04 Å². The lowest BCUT2D eigenvalue weighted by molar-refractivity contribution is -0.116. The molecule has 4 nitrogen and oxygen atoms in total. The molecular formula is C16H20N2O2S. The van der Waals surface area contributed by atoms with Crippen molar-refractivity contribution in [3.8, 4) is 5.75 Å². The normalized spacial score (nSPS) is 11.9. The van der Waals surface area contributed by atoms with Crippen LogP contribution in [0.15, 0.2) is 35.0 Å². The van der Waals surface area contributed by atoms with Crippen LogP contribution < -0.4 is 10.6 Å². The summed E-state index contributed by atoms with van der Waals surface area (Å²) in [5.74, 6) is 0.214. The number of aromatic hydroxyl groups is 1. The summed E-state index contributed by atoms with van der Waals surface area (Å²) < 4.78 is 0. The Kier molecular flexibility index (Phi) is 5.22. The number of carbonyl (C=O) groups excluding carboxylic acids is 1. The van der Waals surface area contributed by atoms with Gasteiger partial charge in [0.25, 0.3) is 0 Å². The zero-order valence-corrected chi connectivity index (χ0v) is 13.0. The van der Waals surface area contributed by atoms with Crippen LogP contribution in [0.2, 0.25) is 0 Å². The molecule has 2 aromatic rings. The highest BCUT2D eigenvalue weighted by Gasteiger charge is 2.12. The number of thiophene rings is 1. The lowest BCUT2D eigenvalue weighted by Gasteiger charge is -2.17. The number of benzene rings is 1. The topological polar surface area (TPSA) is 61.4 Å². The molecule has 0 saturated heterocycles. The Balaban J connectivity index is 2.12. The minimum Gasteiger partial charge on any atom is -0.508 e. The Morgan fingerprint density at radius 1 is 1.33 bits per heavy atom. The summed E-state index contributed by atoms with van der Waals surface area (Å²) in [5, 5.41) is 20.2. The van der Waals surface area contributed by atoms with Gasteiger partial charge in [-0.1, -0.05) is 6.92 Å². The lowest BCUT2D eigenvalue weighted by Crippen LogP contribution is -2.12. The highest BCUT2D eigenvalue weighted by Crippen LogP contribution is 2.30. The first kappa shape index (κ1) is 15.4. The molecule has 3 N–H and O–H groups in total. The quantitative estimate of drug-likeness (QED) is 0.695. The van der Waals surface area contributed by atoms with E-state index < -0.39 is 0 Å². The van der Waals surface area contributed by atoms with Gasteiger partial charge in [-0.15, -0.1) is 0 Å². The molecule has 0 saturated carbocycles. The molecule has 1 atom stereocenters. The van der Waals surface area contributed by atoms with Crippen LogP contribution in [0.5, 0.6) is 5.75 Å². The molecule has 1 aromatic carbocycles. The van der Waals surface area contributed by atoms with Crippen LogP contribution in [-0.4, -0.2) is 11.0 Å². The van der Waals surface area contributed by atoms with Gasteiger partial charge in [-0.05, 0) is 43.0 Å². The van der Waals surface area contributed by atoms with E-state index in [1.165, 1.54) is 0 Å². The van der Waals surface area contributed by atoms with Gasteiger partial charge in [0.2, 0.25) is 5.91 Å². The van der Waals surface area contributed by atoms with Crippen LogP contribution in [0, 0.1) is 0 Å². The Morgan fingerprint density at radius 2 is 2.14 bits per heavy atom. The van der Waals surface area contributed by atoms with E-state index in [9.17, 15) is 9.90 Å². The third kappa shape index (κ3) is 4.23. The number of hydrogen-bond acceptors (Lipinski definition) is 4. The fourth-order valence-corrected chi connectivity index (χ4v) is 2.70. The van der Waals surface area contributed by atoms with Crippen LogP contribution in [0.3, 0.4) is 0 Å². The first-order chi connectivity index (χ1) is 10.1. The van der Waals surface area contributed by atoms with Crippen molar-refractivity contribution in [1.82, 2.24) is 0 Å². The highest BCUT2D eigenvalue weighted by molar-refractivity contribution is 7.08. The van der Waals surface area contributed by atoms with Crippen LogP contribution in [0.4, 0.5) is 11.4 Å². The van der Waals surface area contributed by atoms with Crippen molar-refractivity contribution in [2.24, 2.45) is 0 Å². The van der Waals surface area contributed by atoms with E-state index in [-0.39, 0.29) is 17.7 Å². The van der Waals surface area contributed by atoms with Crippen molar-refractivity contribution in [1.29, 1.82) is 0 Å². The molecule has 0 aliphatic heterocycles. The van der Waals surface area contributed by atoms with Crippen molar-refractivity contribution in [2.75, 3.05) is 10.6 Å². The summed E-state index contributed by atoms with van der Waals surface area (Å²) in [7, 11) is 0. The summed E-state index contributed by atoms with van der Waals surface area (Å²) in [6, 6.07) is 7.08. The SMILES string of the molecule is CCCC(=O)Nc1ccc(O)c(C(C)Nc2ccsc2)c1. The Bertz CT molecular complexity index is 596. The van der Waals surface area contributed by atoms with E-state index in [2.05, 4.69) is 10.6 Å². The molecule has 1 heterocycles. The number of nitrogens with one attached hydrogen (secondary N) is 2. The number of hydrogen-bond donors (Lipinski definition) is 3. The van der Waals surface area contributed by atoms with Crippen LogP contribution >= 0.6 is 11.3 Å².